The number of aromatic carboxylic acids is 1. The topological polar surface area (TPSA) is 76.1 Å². The van der Waals surface area contributed by atoms with E-state index in [4.69, 9.17) is 9.47 Å². The fourth-order valence-corrected chi connectivity index (χ4v) is 6.85. The van der Waals surface area contributed by atoms with Crippen LogP contribution >= 0.6 is 11.3 Å². The minimum atomic E-state index is -0.938. The Morgan fingerprint density at radius 3 is 2.14 bits per heavy atom. The molecular formula is C28H43NO5S. The van der Waals surface area contributed by atoms with E-state index in [1.807, 2.05) is 11.0 Å². The third-order valence-corrected chi connectivity index (χ3v) is 9.61. The van der Waals surface area contributed by atoms with Crippen molar-refractivity contribution in [1.29, 1.82) is 0 Å². The summed E-state index contributed by atoms with van der Waals surface area (Å²) in [6.07, 6.45) is 9.86. The average molecular weight is 506 g/mol. The number of anilines is 1. The predicted molar refractivity (Wildman–Crippen MR) is 140 cm³/mol. The first-order valence-electron chi connectivity index (χ1n) is 13.6. The van der Waals surface area contributed by atoms with Gasteiger partial charge in [0.05, 0.1) is 17.9 Å². The zero-order valence-corrected chi connectivity index (χ0v) is 22.7. The van der Waals surface area contributed by atoms with Gasteiger partial charge in [-0.15, -0.1) is 11.3 Å². The molecule has 1 aliphatic heterocycles. The van der Waals surface area contributed by atoms with Crippen LogP contribution in [0.1, 0.15) is 106 Å². The number of rotatable bonds is 6. The van der Waals surface area contributed by atoms with E-state index in [0.717, 1.165) is 82.3 Å². The van der Waals surface area contributed by atoms with Crippen LogP contribution in [0.3, 0.4) is 0 Å². The monoisotopic (exact) mass is 505 g/mol. The van der Waals surface area contributed by atoms with Crippen LogP contribution in [0.15, 0.2) is 6.07 Å². The van der Waals surface area contributed by atoms with Gasteiger partial charge < -0.3 is 19.5 Å². The van der Waals surface area contributed by atoms with Crippen molar-refractivity contribution < 1.29 is 24.2 Å². The molecule has 4 rings (SSSR count). The zero-order valence-electron chi connectivity index (χ0n) is 21.9. The summed E-state index contributed by atoms with van der Waals surface area (Å²) in [5.41, 5.74) is 0.446. The SMILES string of the molecule is CC(C)(C)c1cc(N(C(=O)[C@H]2CC[C@H](C)CC2)[C@H]2CC[C@H](OC3CCOCC3)CC2)c(C(=O)O)s1. The Labute approximate surface area is 214 Å². The number of carbonyl (C=O) groups excluding carboxylic acids is 1. The summed E-state index contributed by atoms with van der Waals surface area (Å²) in [4.78, 5) is 29.6. The molecule has 6 nitrogen and oxygen atoms in total. The highest BCUT2D eigenvalue weighted by molar-refractivity contribution is 7.14. The molecule has 7 heteroatoms. The smallest absolute Gasteiger partial charge is 0.348 e. The van der Waals surface area contributed by atoms with Crippen molar-refractivity contribution in [3.05, 3.63) is 15.8 Å². The van der Waals surface area contributed by atoms with Crippen LogP contribution in [-0.4, -0.2) is 48.4 Å². The Hall–Kier alpha value is -1.44. The lowest BCUT2D eigenvalue weighted by molar-refractivity contribution is -0.124. The molecule has 1 aromatic rings. The summed E-state index contributed by atoms with van der Waals surface area (Å²) in [6, 6.07) is 2.01. The minimum absolute atomic E-state index is 0.0120. The standard InChI is InChI=1S/C28H43NO5S/c1-18-5-7-19(8-6-18)26(30)29(23-17-24(28(2,3)4)35-25(23)27(31)32)20-9-11-21(12-10-20)34-22-13-15-33-16-14-22/h17-22H,5-16H2,1-4H3,(H,31,32)/t18-,19-,20-,21-. The molecule has 2 heterocycles. The molecule has 3 aliphatic rings. The molecule has 1 N–H and O–H groups in total. The van der Waals surface area contributed by atoms with E-state index in [9.17, 15) is 14.7 Å². The minimum Gasteiger partial charge on any atom is -0.477 e. The highest BCUT2D eigenvalue weighted by Crippen LogP contribution is 2.42. The summed E-state index contributed by atoms with van der Waals surface area (Å²) < 4.78 is 11.9. The van der Waals surface area contributed by atoms with Crippen LogP contribution in [0.4, 0.5) is 5.69 Å². The lowest BCUT2D eigenvalue weighted by Crippen LogP contribution is -2.47. The molecule has 2 aliphatic carbocycles. The Bertz CT molecular complexity index is 868. The van der Waals surface area contributed by atoms with Crippen molar-refractivity contribution in [2.24, 2.45) is 11.8 Å². The Morgan fingerprint density at radius 2 is 1.57 bits per heavy atom. The van der Waals surface area contributed by atoms with Crippen molar-refractivity contribution >= 4 is 28.9 Å². The zero-order chi connectivity index (χ0) is 25.2. The van der Waals surface area contributed by atoms with E-state index < -0.39 is 5.97 Å². The third kappa shape index (κ3) is 6.47. The second kappa shape index (κ2) is 11.3. The lowest BCUT2D eigenvalue weighted by atomic mass is 9.81. The number of nitrogens with zero attached hydrogens (tertiary/aromatic N) is 1. The maximum Gasteiger partial charge on any atom is 0.348 e. The van der Waals surface area contributed by atoms with Crippen molar-refractivity contribution in [2.75, 3.05) is 18.1 Å². The molecule has 0 atom stereocenters. The molecule has 1 saturated heterocycles. The van der Waals surface area contributed by atoms with Crippen LogP contribution in [0.25, 0.3) is 0 Å². The molecule has 1 amide bonds. The number of hydrogen-bond donors (Lipinski definition) is 1. The van der Waals surface area contributed by atoms with Gasteiger partial charge in [0.1, 0.15) is 4.88 Å². The van der Waals surface area contributed by atoms with Gasteiger partial charge in [0, 0.05) is 30.1 Å². The number of carboxylic acid groups (broad SMARTS) is 1. The lowest BCUT2D eigenvalue weighted by Gasteiger charge is -2.40. The summed E-state index contributed by atoms with van der Waals surface area (Å²) in [6.45, 7) is 10.1. The summed E-state index contributed by atoms with van der Waals surface area (Å²) in [5, 5.41) is 10.1. The highest BCUT2D eigenvalue weighted by atomic mass is 32.1. The van der Waals surface area contributed by atoms with Gasteiger partial charge in [-0.3, -0.25) is 4.79 Å². The number of hydrogen-bond acceptors (Lipinski definition) is 5. The van der Waals surface area contributed by atoms with E-state index in [0.29, 0.717) is 16.5 Å². The normalized spacial score (nSPS) is 28.6. The summed E-state index contributed by atoms with van der Waals surface area (Å²) >= 11 is 1.33. The molecule has 196 valence electrons. The van der Waals surface area contributed by atoms with Crippen LogP contribution in [-0.2, 0) is 19.7 Å². The number of amides is 1. The molecule has 2 saturated carbocycles. The van der Waals surface area contributed by atoms with Gasteiger partial charge in [-0.25, -0.2) is 4.79 Å². The fraction of sp³-hybridized carbons (Fsp3) is 0.786. The molecule has 1 aromatic heterocycles. The van der Waals surface area contributed by atoms with Crippen molar-refractivity contribution in [3.8, 4) is 0 Å². The summed E-state index contributed by atoms with van der Waals surface area (Å²) in [5.74, 6) is -0.158. The molecule has 0 bridgehead atoms. The van der Waals surface area contributed by atoms with Gasteiger partial charge in [0.2, 0.25) is 5.91 Å². The number of thiophene rings is 1. The van der Waals surface area contributed by atoms with Gasteiger partial charge in [-0.2, -0.15) is 0 Å². The van der Waals surface area contributed by atoms with Gasteiger partial charge >= 0.3 is 5.97 Å². The van der Waals surface area contributed by atoms with Crippen molar-refractivity contribution in [2.45, 2.75) is 116 Å². The first-order valence-corrected chi connectivity index (χ1v) is 14.4. The Kier molecular flexibility index (Phi) is 8.60. The molecule has 35 heavy (non-hydrogen) atoms. The second-order valence-electron chi connectivity index (χ2n) is 11.9. The van der Waals surface area contributed by atoms with E-state index in [-0.39, 0.29) is 35.5 Å². The highest BCUT2D eigenvalue weighted by Gasteiger charge is 2.38. The van der Waals surface area contributed by atoms with E-state index in [1.54, 1.807) is 0 Å². The van der Waals surface area contributed by atoms with Gasteiger partial charge in [-0.1, -0.05) is 27.7 Å². The number of carbonyl (C=O) groups is 2. The van der Waals surface area contributed by atoms with Crippen LogP contribution in [0, 0.1) is 11.8 Å². The number of carboxylic acids is 1. The van der Waals surface area contributed by atoms with E-state index in [1.165, 1.54) is 11.3 Å². The third-order valence-electron chi connectivity index (χ3n) is 8.07. The largest absolute Gasteiger partial charge is 0.477 e. The maximum absolute atomic E-state index is 14.0. The van der Waals surface area contributed by atoms with Crippen LogP contribution in [0.5, 0.6) is 0 Å². The van der Waals surface area contributed by atoms with Crippen LogP contribution < -0.4 is 4.90 Å². The molecule has 0 aromatic carbocycles. The van der Waals surface area contributed by atoms with Gasteiger partial charge in [0.15, 0.2) is 0 Å². The second-order valence-corrected chi connectivity index (χ2v) is 13.0. The fourth-order valence-electron chi connectivity index (χ4n) is 5.81. The molecular weight excluding hydrogens is 462 g/mol. The molecule has 0 radical (unpaired) electrons. The predicted octanol–water partition coefficient (Wildman–Crippen LogP) is 6.41. The average Bonchev–Trinajstić information content (AvgIpc) is 3.27. The maximum atomic E-state index is 14.0. The first-order chi connectivity index (χ1) is 16.6. The van der Waals surface area contributed by atoms with E-state index in [2.05, 4.69) is 27.7 Å². The molecule has 0 spiro atoms. The van der Waals surface area contributed by atoms with Gasteiger partial charge in [0.25, 0.3) is 0 Å². The van der Waals surface area contributed by atoms with E-state index >= 15 is 0 Å². The van der Waals surface area contributed by atoms with Crippen molar-refractivity contribution in [3.63, 3.8) is 0 Å². The Balaban J connectivity index is 1.56. The first kappa shape index (κ1) is 26.6. The molecule has 3 fully saturated rings. The summed E-state index contributed by atoms with van der Waals surface area (Å²) in [7, 11) is 0. The van der Waals surface area contributed by atoms with Crippen molar-refractivity contribution in [1.82, 2.24) is 0 Å². The number of ether oxygens (including phenoxy) is 2. The Morgan fingerprint density at radius 1 is 0.971 bits per heavy atom. The van der Waals surface area contributed by atoms with Crippen LogP contribution in [0.2, 0.25) is 0 Å². The quantitative estimate of drug-likeness (QED) is 0.483. The van der Waals surface area contributed by atoms with Gasteiger partial charge in [-0.05, 0) is 81.6 Å². The molecule has 0 unspecified atom stereocenters.